The molecule has 0 unspecified atom stereocenters. The first kappa shape index (κ1) is 24.3. The van der Waals surface area contributed by atoms with Crippen LogP contribution < -0.4 is 9.47 Å². The lowest BCUT2D eigenvalue weighted by Crippen LogP contribution is -2.52. The van der Waals surface area contributed by atoms with E-state index in [1.54, 1.807) is 24.2 Å². The third kappa shape index (κ3) is 5.61. The zero-order chi connectivity index (χ0) is 24.3. The molecule has 0 N–H and O–H groups in total. The third-order valence-corrected chi connectivity index (χ3v) is 8.26. The van der Waals surface area contributed by atoms with Gasteiger partial charge in [-0.15, -0.1) is 0 Å². The Morgan fingerprint density at radius 3 is 2.59 bits per heavy atom. The number of nitrogens with zero attached hydrogens (tertiary/aromatic N) is 3. The zero-order valence-electron chi connectivity index (χ0n) is 19.8. The summed E-state index contributed by atoms with van der Waals surface area (Å²) in [7, 11) is -1.33. The number of sulfone groups is 1. The molecule has 10 heteroatoms. The van der Waals surface area contributed by atoms with Gasteiger partial charge in [-0.1, -0.05) is 11.2 Å². The van der Waals surface area contributed by atoms with E-state index >= 15 is 0 Å². The van der Waals surface area contributed by atoms with Gasteiger partial charge in [-0.2, -0.15) is 0 Å². The Labute approximate surface area is 200 Å². The number of carbonyl (C=O) groups is 1. The van der Waals surface area contributed by atoms with Crippen molar-refractivity contribution < 1.29 is 27.2 Å². The SMILES string of the molecule is COc1cc(/C=C/C(=O)N2CCN([C@@H]3CCS(=O)(=O)C3)CC2)ccc1OCc1c(C)noc1C. The molecule has 0 radical (unpaired) electrons. The van der Waals surface area contributed by atoms with Crippen molar-refractivity contribution in [2.75, 3.05) is 44.8 Å². The van der Waals surface area contributed by atoms with Crippen LogP contribution in [0.2, 0.25) is 0 Å². The Morgan fingerprint density at radius 1 is 1.21 bits per heavy atom. The first-order chi connectivity index (χ1) is 16.3. The van der Waals surface area contributed by atoms with E-state index in [1.807, 2.05) is 32.0 Å². The van der Waals surface area contributed by atoms with E-state index in [9.17, 15) is 13.2 Å². The van der Waals surface area contributed by atoms with E-state index < -0.39 is 9.84 Å². The van der Waals surface area contributed by atoms with Gasteiger partial charge in [0.15, 0.2) is 21.3 Å². The fourth-order valence-electron chi connectivity index (χ4n) is 4.41. The van der Waals surface area contributed by atoms with Crippen LogP contribution in [0.1, 0.15) is 29.0 Å². The number of ether oxygens (including phenoxy) is 2. The van der Waals surface area contributed by atoms with Crippen LogP contribution in [0.4, 0.5) is 0 Å². The molecule has 2 aliphatic rings. The third-order valence-electron chi connectivity index (χ3n) is 6.51. The van der Waals surface area contributed by atoms with E-state index in [-0.39, 0.29) is 23.5 Å². The maximum Gasteiger partial charge on any atom is 0.246 e. The molecule has 1 atom stereocenters. The molecule has 0 spiro atoms. The first-order valence-corrected chi connectivity index (χ1v) is 13.2. The second-order valence-corrected chi connectivity index (χ2v) is 11.0. The van der Waals surface area contributed by atoms with Crippen molar-refractivity contribution in [3.05, 3.63) is 46.9 Å². The Morgan fingerprint density at radius 2 is 1.97 bits per heavy atom. The van der Waals surface area contributed by atoms with Gasteiger partial charge in [0, 0.05) is 38.3 Å². The molecule has 34 heavy (non-hydrogen) atoms. The highest BCUT2D eigenvalue weighted by Crippen LogP contribution is 2.30. The molecule has 0 saturated carbocycles. The number of methoxy groups -OCH3 is 1. The van der Waals surface area contributed by atoms with Crippen LogP contribution in [0.3, 0.4) is 0 Å². The molecule has 184 valence electrons. The number of aromatic nitrogens is 1. The minimum Gasteiger partial charge on any atom is -0.493 e. The second-order valence-electron chi connectivity index (χ2n) is 8.75. The average molecular weight is 490 g/mol. The van der Waals surface area contributed by atoms with E-state index in [4.69, 9.17) is 14.0 Å². The van der Waals surface area contributed by atoms with Gasteiger partial charge in [0.2, 0.25) is 5.91 Å². The molecule has 9 nitrogen and oxygen atoms in total. The van der Waals surface area contributed by atoms with Crippen molar-refractivity contribution >= 4 is 21.8 Å². The largest absolute Gasteiger partial charge is 0.493 e. The number of carbonyl (C=O) groups excluding carboxylic acids is 1. The summed E-state index contributed by atoms with van der Waals surface area (Å²) in [5.41, 5.74) is 2.53. The molecular formula is C24H31N3O6S. The molecule has 2 saturated heterocycles. The number of hydrogen-bond acceptors (Lipinski definition) is 8. The van der Waals surface area contributed by atoms with Crippen LogP contribution in [-0.4, -0.2) is 80.1 Å². The van der Waals surface area contributed by atoms with Crippen LogP contribution in [0.15, 0.2) is 28.8 Å². The first-order valence-electron chi connectivity index (χ1n) is 11.4. The summed E-state index contributed by atoms with van der Waals surface area (Å²) in [6.07, 6.45) is 4.02. The van der Waals surface area contributed by atoms with Gasteiger partial charge in [0.05, 0.1) is 29.9 Å². The van der Waals surface area contributed by atoms with Crippen molar-refractivity contribution in [2.24, 2.45) is 0 Å². The zero-order valence-corrected chi connectivity index (χ0v) is 20.6. The van der Waals surface area contributed by atoms with E-state index in [2.05, 4.69) is 10.1 Å². The Hall–Kier alpha value is -2.85. The standard InChI is InChI=1S/C24H31N3O6S/c1-17-21(18(2)33-25-17)15-32-22-6-4-19(14-23(22)31-3)5-7-24(28)27-11-9-26(10-12-27)20-8-13-34(29,30)16-20/h4-7,14,20H,8-13,15-16H2,1-3H3/b7-5+/t20-/m1/s1. The van der Waals surface area contributed by atoms with Crippen LogP contribution >= 0.6 is 0 Å². The quantitative estimate of drug-likeness (QED) is 0.546. The molecular weight excluding hydrogens is 458 g/mol. The molecule has 1 amide bonds. The topological polar surface area (TPSA) is 102 Å². The van der Waals surface area contributed by atoms with Crippen molar-refractivity contribution in [2.45, 2.75) is 32.9 Å². The van der Waals surface area contributed by atoms with Gasteiger partial charge in [-0.05, 0) is 44.0 Å². The molecule has 4 rings (SSSR count). The van der Waals surface area contributed by atoms with E-state index in [0.717, 1.165) is 22.6 Å². The number of hydrogen-bond donors (Lipinski definition) is 0. The van der Waals surface area contributed by atoms with Crippen molar-refractivity contribution in [3.8, 4) is 11.5 Å². The van der Waals surface area contributed by atoms with Gasteiger partial charge in [0.1, 0.15) is 12.4 Å². The molecule has 2 aromatic rings. The average Bonchev–Trinajstić information content (AvgIpc) is 3.36. The Bertz CT molecular complexity index is 1150. The monoisotopic (exact) mass is 489 g/mol. The summed E-state index contributed by atoms with van der Waals surface area (Å²) in [5.74, 6) is 2.34. The Kier molecular flexibility index (Phi) is 7.27. The number of piperazine rings is 1. The van der Waals surface area contributed by atoms with Crippen molar-refractivity contribution in [1.29, 1.82) is 0 Å². The smallest absolute Gasteiger partial charge is 0.246 e. The van der Waals surface area contributed by atoms with Gasteiger partial charge < -0.3 is 18.9 Å². The minimum absolute atomic E-state index is 0.0589. The van der Waals surface area contributed by atoms with Crippen LogP contribution in [0, 0.1) is 13.8 Å². The highest BCUT2D eigenvalue weighted by molar-refractivity contribution is 7.91. The normalized spacial score (nSPS) is 20.7. The number of benzene rings is 1. The van der Waals surface area contributed by atoms with Gasteiger partial charge in [0.25, 0.3) is 0 Å². The maximum absolute atomic E-state index is 12.7. The van der Waals surface area contributed by atoms with Crippen LogP contribution in [0.25, 0.3) is 6.08 Å². The second kappa shape index (κ2) is 10.2. The molecule has 1 aromatic carbocycles. The molecule has 0 aliphatic carbocycles. The molecule has 3 heterocycles. The molecule has 1 aromatic heterocycles. The summed E-state index contributed by atoms with van der Waals surface area (Å²) in [6.45, 7) is 6.63. The fraction of sp³-hybridized carbons (Fsp3) is 0.500. The van der Waals surface area contributed by atoms with Gasteiger partial charge >= 0.3 is 0 Å². The minimum atomic E-state index is -2.90. The van der Waals surface area contributed by atoms with Crippen LogP contribution in [-0.2, 0) is 21.2 Å². The van der Waals surface area contributed by atoms with Crippen LogP contribution in [0.5, 0.6) is 11.5 Å². The summed E-state index contributed by atoms with van der Waals surface area (Å²) in [6, 6.07) is 5.59. The maximum atomic E-state index is 12.7. The van der Waals surface area contributed by atoms with Gasteiger partial charge in [-0.25, -0.2) is 8.42 Å². The molecule has 0 bridgehead atoms. The highest BCUT2D eigenvalue weighted by atomic mass is 32.2. The fourth-order valence-corrected chi connectivity index (χ4v) is 6.17. The van der Waals surface area contributed by atoms with E-state index in [0.29, 0.717) is 50.7 Å². The summed E-state index contributed by atoms with van der Waals surface area (Å²) in [5, 5.41) is 3.94. The lowest BCUT2D eigenvalue weighted by atomic mass is 10.1. The summed E-state index contributed by atoms with van der Waals surface area (Å²) in [4.78, 5) is 16.7. The van der Waals surface area contributed by atoms with Gasteiger partial charge in [-0.3, -0.25) is 9.69 Å². The predicted octanol–water partition coefficient (Wildman–Crippen LogP) is 2.22. The molecule has 2 aliphatic heterocycles. The summed E-state index contributed by atoms with van der Waals surface area (Å²) >= 11 is 0. The molecule has 2 fully saturated rings. The Balaban J connectivity index is 1.32. The lowest BCUT2D eigenvalue weighted by molar-refractivity contribution is -0.127. The number of aryl methyl sites for hydroxylation is 2. The van der Waals surface area contributed by atoms with Crippen molar-refractivity contribution in [1.82, 2.24) is 15.0 Å². The summed E-state index contributed by atoms with van der Waals surface area (Å²) < 4.78 is 40.0. The van der Waals surface area contributed by atoms with E-state index in [1.165, 1.54) is 0 Å². The highest BCUT2D eigenvalue weighted by Gasteiger charge is 2.34. The lowest BCUT2D eigenvalue weighted by Gasteiger charge is -2.37. The van der Waals surface area contributed by atoms with Crippen molar-refractivity contribution in [3.63, 3.8) is 0 Å². The number of amides is 1. The predicted molar refractivity (Wildman–Crippen MR) is 128 cm³/mol. The number of rotatable bonds is 7.